The zero-order valence-corrected chi connectivity index (χ0v) is 12.5. The number of hydrogen-bond donors (Lipinski definition) is 1. The summed E-state index contributed by atoms with van der Waals surface area (Å²) in [5, 5.41) is 2.45. The van der Waals surface area contributed by atoms with Crippen molar-refractivity contribution < 1.29 is 17.6 Å². The van der Waals surface area contributed by atoms with Crippen LogP contribution in [0.25, 0.3) is 0 Å². The Bertz CT molecular complexity index is 584. The van der Waals surface area contributed by atoms with Crippen LogP contribution in [0.2, 0.25) is 0 Å². The molecule has 0 aliphatic carbocycles. The van der Waals surface area contributed by atoms with Crippen LogP contribution >= 0.6 is 15.9 Å². The van der Waals surface area contributed by atoms with E-state index in [0.717, 1.165) is 6.26 Å². The lowest BCUT2D eigenvalue weighted by Gasteiger charge is -2.21. The summed E-state index contributed by atoms with van der Waals surface area (Å²) < 4.78 is 34.6. The maximum atomic E-state index is 12.9. The van der Waals surface area contributed by atoms with Crippen molar-refractivity contribution in [3.63, 3.8) is 0 Å². The molecular weight excluding hydrogens is 325 g/mol. The van der Waals surface area contributed by atoms with E-state index in [-0.39, 0.29) is 0 Å². The Morgan fingerprint density at radius 1 is 1.39 bits per heavy atom. The Hall–Kier alpha value is -0.950. The zero-order chi connectivity index (χ0) is 14.1. The van der Waals surface area contributed by atoms with Gasteiger partial charge in [-0.15, -0.1) is 0 Å². The van der Waals surface area contributed by atoms with Crippen molar-refractivity contribution in [1.82, 2.24) is 0 Å². The molecule has 100 valence electrons. The van der Waals surface area contributed by atoms with Crippen LogP contribution in [-0.4, -0.2) is 25.3 Å². The van der Waals surface area contributed by atoms with Gasteiger partial charge in [-0.1, -0.05) is 0 Å². The molecule has 0 unspecified atom stereocenters. The quantitative estimate of drug-likeness (QED) is 0.920. The van der Waals surface area contributed by atoms with E-state index in [4.69, 9.17) is 0 Å². The minimum Gasteiger partial charge on any atom is -0.324 e. The van der Waals surface area contributed by atoms with Crippen LogP contribution in [0.15, 0.2) is 22.7 Å². The average Bonchev–Trinajstić information content (AvgIpc) is 2.20. The molecule has 0 atom stereocenters. The standard InChI is InChI=1S/C11H13BrFNO3S/c1-11(2,18(3,16)17)10(15)14-9-5-4-7(13)6-8(9)12/h4-6H,1-3H3,(H,14,15). The first-order valence-corrected chi connectivity index (χ1v) is 7.70. The largest absolute Gasteiger partial charge is 0.324 e. The van der Waals surface area contributed by atoms with Crippen LogP contribution in [0, 0.1) is 5.82 Å². The average molecular weight is 338 g/mol. The minimum atomic E-state index is -3.54. The Morgan fingerprint density at radius 2 is 1.94 bits per heavy atom. The van der Waals surface area contributed by atoms with Crippen molar-refractivity contribution in [3.05, 3.63) is 28.5 Å². The molecule has 0 bridgehead atoms. The van der Waals surface area contributed by atoms with Gasteiger partial charge >= 0.3 is 0 Å². The number of rotatable bonds is 3. The van der Waals surface area contributed by atoms with Crippen LogP contribution in [0.4, 0.5) is 10.1 Å². The molecule has 0 aliphatic heterocycles. The van der Waals surface area contributed by atoms with Crippen LogP contribution in [0.3, 0.4) is 0 Å². The van der Waals surface area contributed by atoms with Gasteiger partial charge < -0.3 is 5.32 Å². The lowest BCUT2D eigenvalue weighted by Crippen LogP contribution is -2.43. The minimum absolute atomic E-state index is 0.318. The highest BCUT2D eigenvalue weighted by atomic mass is 79.9. The smallest absolute Gasteiger partial charge is 0.245 e. The number of carbonyl (C=O) groups excluding carboxylic acids is 1. The third kappa shape index (κ3) is 3.08. The lowest BCUT2D eigenvalue weighted by atomic mass is 10.2. The number of benzene rings is 1. The molecular formula is C11H13BrFNO3S. The first kappa shape index (κ1) is 15.1. The molecule has 0 aliphatic rings. The second-order valence-electron chi connectivity index (χ2n) is 4.36. The molecule has 0 saturated carbocycles. The monoisotopic (exact) mass is 337 g/mol. The van der Waals surface area contributed by atoms with E-state index in [9.17, 15) is 17.6 Å². The molecule has 0 radical (unpaired) electrons. The summed E-state index contributed by atoms with van der Waals surface area (Å²) in [6.07, 6.45) is 0.992. The molecule has 1 N–H and O–H groups in total. The Kier molecular flexibility index (Phi) is 4.17. The summed E-state index contributed by atoms with van der Waals surface area (Å²) >= 11 is 3.09. The van der Waals surface area contributed by atoms with Crippen molar-refractivity contribution in [2.24, 2.45) is 0 Å². The zero-order valence-electron chi connectivity index (χ0n) is 10.1. The number of hydrogen-bond acceptors (Lipinski definition) is 3. The van der Waals surface area contributed by atoms with Gasteiger partial charge in [0.1, 0.15) is 10.6 Å². The first-order valence-electron chi connectivity index (χ1n) is 5.02. The molecule has 0 heterocycles. The summed E-state index contributed by atoms with van der Waals surface area (Å²) in [6.45, 7) is 2.63. The third-order valence-electron chi connectivity index (χ3n) is 2.65. The highest BCUT2D eigenvalue weighted by molar-refractivity contribution is 9.10. The van der Waals surface area contributed by atoms with Crippen molar-refractivity contribution in [3.8, 4) is 0 Å². The van der Waals surface area contributed by atoms with Gasteiger partial charge in [-0.3, -0.25) is 4.79 Å². The van der Waals surface area contributed by atoms with Gasteiger partial charge in [0, 0.05) is 10.7 Å². The Balaban J connectivity index is 3.02. The summed E-state index contributed by atoms with van der Waals surface area (Å²) in [5.74, 6) is -1.13. The number of nitrogens with one attached hydrogen (secondary N) is 1. The van der Waals surface area contributed by atoms with Gasteiger partial charge in [-0.25, -0.2) is 12.8 Å². The van der Waals surface area contributed by atoms with Gasteiger partial charge in [0.2, 0.25) is 5.91 Å². The van der Waals surface area contributed by atoms with Crippen molar-refractivity contribution in [1.29, 1.82) is 0 Å². The third-order valence-corrected chi connectivity index (χ3v) is 5.35. The van der Waals surface area contributed by atoms with Gasteiger partial charge in [0.05, 0.1) is 5.69 Å². The van der Waals surface area contributed by atoms with E-state index in [1.807, 2.05) is 0 Å². The summed E-state index contributed by atoms with van der Waals surface area (Å²) in [5.41, 5.74) is 0.318. The molecule has 4 nitrogen and oxygen atoms in total. The number of carbonyl (C=O) groups is 1. The normalized spacial score (nSPS) is 12.3. The summed E-state index contributed by atoms with van der Waals surface area (Å²) in [6, 6.07) is 3.71. The van der Waals surface area contributed by atoms with Gasteiger partial charge in [-0.05, 0) is 48.0 Å². The number of halogens is 2. The maximum absolute atomic E-state index is 12.9. The predicted molar refractivity (Wildman–Crippen MR) is 71.7 cm³/mol. The van der Waals surface area contributed by atoms with E-state index < -0.39 is 26.3 Å². The molecule has 1 amide bonds. The molecule has 0 spiro atoms. The maximum Gasteiger partial charge on any atom is 0.245 e. The molecule has 0 aromatic heterocycles. The van der Waals surface area contributed by atoms with Crippen LogP contribution < -0.4 is 5.32 Å². The summed E-state index contributed by atoms with van der Waals surface area (Å²) in [7, 11) is -3.54. The number of sulfone groups is 1. The van der Waals surface area contributed by atoms with E-state index >= 15 is 0 Å². The molecule has 1 aromatic carbocycles. The van der Waals surface area contributed by atoms with Crippen molar-refractivity contribution in [2.75, 3.05) is 11.6 Å². The Morgan fingerprint density at radius 3 is 2.39 bits per heavy atom. The molecule has 0 fully saturated rings. The number of anilines is 1. The lowest BCUT2D eigenvalue weighted by molar-refractivity contribution is -0.117. The van der Waals surface area contributed by atoms with Crippen LogP contribution in [0.5, 0.6) is 0 Å². The van der Waals surface area contributed by atoms with Crippen molar-refractivity contribution >= 4 is 37.4 Å². The fourth-order valence-corrected chi connectivity index (χ4v) is 1.87. The highest BCUT2D eigenvalue weighted by Crippen LogP contribution is 2.25. The molecule has 7 heteroatoms. The van der Waals surface area contributed by atoms with Crippen LogP contribution in [0.1, 0.15) is 13.8 Å². The fourth-order valence-electron chi connectivity index (χ4n) is 1.03. The van der Waals surface area contributed by atoms with Gasteiger partial charge in [0.15, 0.2) is 9.84 Å². The molecule has 1 rings (SSSR count). The van der Waals surface area contributed by atoms with Crippen LogP contribution in [-0.2, 0) is 14.6 Å². The molecule has 0 saturated heterocycles. The SMILES string of the molecule is CC(C)(C(=O)Nc1ccc(F)cc1Br)S(C)(=O)=O. The van der Waals surface area contributed by atoms with E-state index in [0.29, 0.717) is 10.2 Å². The van der Waals surface area contributed by atoms with E-state index in [2.05, 4.69) is 21.2 Å². The topological polar surface area (TPSA) is 63.2 Å². The predicted octanol–water partition coefficient (Wildman–Crippen LogP) is 2.35. The number of amides is 1. The fraction of sp³-hybridized carbons (Fsp3) is 0.364. The molecule has 1 aromatic rings. The van der Waals surface area contributed by atoms with E-state index in [1.54, 1.807) is 0 Å². The molecule has 18 heavy (non-hydrogen) atoms. The van der Waals surface area contributed by atoms with Gasteiger partial charge in [-0.2, -0.15) is 0 Å². The Labute approximate surface area is 114 Å². The van der Waals surface area contributed by atoms with Gasteiger partial charge in [0.25, 0.3) is 0 Å². The summed E-state index contributed by atoms with van der Waals surface area (Å²) in [4.78, 5) is 11.9. The second kappa shape index (κ2) is 4.97. The van der Waals surface area contributed by atoms with E-state index in [1.165, 1.54) is 32.0 Å². The second-order valence-corrected chi connectivity index (χ2v) is 7.78. The van der Waals surface area contributed by atoms with Crippen molar-refractivity contribution in [2.45, 2.75) is 18.6 Å². The highest BCUT2D eigenvalue weighted by Gasteiger charge is 2.38. The first-order chi connectivity index (χ1) is 8.05.